The van der Waals surface area contributed by atoms with E-state index in [1.54, 1.807) is 0 Å². The van der Waals surface area contributed by atoms with E-state index in [4.69, 9.17) is 0 Å². The summed E-state index contributed by atoms with van der Waals surface area (Å²) in [4.78, 5) is 2.38. The smallest absolute Gasteiger partial charge is 0.0547 e. The van der Waals surface area contributed by atoms with E-state index in [1.807, 2.05) is 0 Å². The second kappa shape index (κ2) is 12.9. The monoisotopic (exact) mass is 644 g/mol. The van der Waals surface area contributed by atoms with E-state index in [9.17, 15) is 0 Å². The highest BCUT2D eigenvalue weighted by Crippen LogP contribution is 2.46. The molecule has 0 radical (unpaired) electrons. The van der Waals surface area contributed by atoms with Crippen LogP contribution in [0, 0.1) is 0 Å². The van der Waals surface area contributed by atoms with Gasteiger partial charge in [-0.3, -0.25) is 0 Å². The number of nitrogens with zero attached hydrogens (tertiary/aromatic N) is 2. The fourth-order valence-electron chi connectivity index (χ4n) is 8.42. The molecule has 1 heterocycles. The lowest BCUT2D eigenvalue weighted by Gasteiger charge is -2.39. The number of fused-ring (bicyclic) bond motifs is 3. The van der Waals surface area contributed by atoms with E-state index in [-0.39, 0.29) is 5.41 Å². The molecule has 1 fully saturated rings. The van der Waals surface area contributed by atoms with Crippen molar-refractivity contribution in [2.75, 3.05) is 4.90 Å². The van der Waals surface area contributed by atoms with Crippen molar-refractivity contribution in [2.24, 2.45) is 0 Å². The van der Waals surface area contributed by atoms with Gasteiger partial charge in [-0.15, -0.1) is 0 Å². The maximum atomic E-state index is 2.39. The molecule has 0 unspecified atom stereocenters. The summed E-state index contributed by atoms with van der Waals surface area (Å²) in [5.74, 6) is 0. The molecule has 1 aliphatic carbocycles. The van der Waals surface area contributed by atoms with Gasteiger partial charge in [0.1, 0.15) is 0 Å². The molecule has 0 atom stereocenters. The van der Waals surface area contributed by atoms with Crippen molar-refractivity contribution in [1.29, 1.82) is 0 Å². The molecule has 2 heteroatoms. The summed E-state index contributed by atoms with van der Waals surface area (Å²) in [7, 11) is 0. The Labute approximate surface area is 294 Å². The van der Waals surface area contributed by atoms with Crippen LogP contribution in [0.15, 0.2) is 182 Å². The van der Waals surface area contributed by atoms with Gasteiger partial charge in [0.15, 0.2) is 0 Å². The highest BCUT2D eigenvalue weighted by Gasteiger charge is 2.35. The Hall–Kier alpha value is -5.86. The molecule has 0 spiro atoms. The van der Waals surface area contributed by atoms with Crippen molar-refractivity contribution in [2.45, 2.75) is 37.5 Å². The van der Waals surface area contributed by atoms with Gasteiger partial charge in [0, 0.05) is 38.9 Å². The summed E-state index contributed by atoms with van der Waals surface area (Å²) in [5, 5.41) is 2.54. The van der Waals surface area contributed by atoms with E-state index in [2.05, 4.69) is 191 Å². The second-order valence-corrected chi connectivity index (χ2v) is 13.7. The lowest BCUT2D eigenvalue weighted by Crippen LogP contribution is -2.30. The third kappa shape index (κ3) is 5.29. The molecular weight excluding hydrogens is 605 g/mol. The largest absolute Gasteiger partial charge is 0.311 e. The average molecular weight is 645 g/mol. The topological polar surface area (TPSA) is 8.17 Å². The molecule has 1 aromatic heterocycles. The van der Waals surface area contributed by atoms with Crippen LogP contribution in [0.2, 0.25) is 0 Å². The molecule has 0 aliphatic heterocycles. The van der Waals surface area contributed by atoms with Crippen LogP contribution in [0.25, 0.3) is 38.6 Å². The first-order valence-corrected chi connectivity index (χ1v) is 18.0. The number of anilines is 3. The third-order valence-corrected chi connectivity index (χ3v) is 10.9. The van der Waals surface area contributed by atoms with Gasteiger partial charge in [-0.25, -0.2) is 0 Å². The van der Waals surface area contributed by atoms with Crippen LogP contribution in [0.1, 0.15) is 43.2 Å². The van der Waals surface area contributed by atoms with Crippen LogP contribution in [-0.2, 0) is 5.41 Å². The second-order valence-electron chi connectivity index (χ2n) is 13.7. The normalized spacial score (nSPS) is 14.2. The molecule has 0 N–H and O–H groups in total. The fourth-order valence-corrected chi connectivity index (χ4v) is 8.42. The number of para-hydroxylation sites is 3. The first kappa shape index (κ1) is 30.2. The van der Waals surface area contributed by atoms with Gasteiger partial charge < -0.3 is 9.47 Å². The van der Waals surface area contributed by atoms with Crippen molar-refractivity contribution >= 4 is 38.9 Å². The Balaban J connectivity index is 1.09. The van der Waals surface area contributed by atoms with Gasteiger partial charge in [-0.2, -0.15) is 0 Å². The van der Waals surface area contributed by atoms with Crippen molar-refractivity contribution in [3.63, 3.8) is 0 Å². The predicted octanol–water partition coefficient (Wildman–Crippen LogP) is 13.2. The predicted molar refractivity (Wildman–Crippen MR) is 211 cm³/mol. The molecule has 7 aromatic carbocycles. The van der Waals surface area contributed by atoms with Gasteiger partial charge in [0.2, 0.25) is 0 Å². The zero-order chi connectivity index (χ0) is 33.3. The molecule has 0 saturated heterocycles. The van der Waals surface area contributed by atoms with Crippen molar-refractivity contribution in [1.82, 2.24) is 4.57 Å². The van der Waals surface area contributed by atoms with E-state index in [1.165, 1.54) is 87.5 Å². The van der Waals surface area contributed by atoms with Crippen LogP contribution in [-0.4, -0.2) is 4.57 Å². The summed E-state index contributed by atoms with van der Waals surface area (Å²) >= 11 is 0. The quantitative estimate of drug-likeness (QED) is 0.168. The number of benzene rings is 7. The molecular formula is C48H40N2. The molecule has 50 heavy (non-hydrogen) atoms. The molecule has 242 valence electrons. The fraction of sp³-hybridized carbons (Fsp3) is 0.125. The molecule has 9 rings (SSSR count). The molecule has 1 aliphatic rings. The first-order valence-electron chi connectivity index (χ1n) is 18.0. The van der Waals surface area contributed by atoms with E-state index in [0.717, 1.165) is 11.4 Å². The van der Waals surface area contributed by atoms with Gasteiger partial charge >= 0.3 is 0 Å². The standard InChI is InChI=1S/C48H40N2/c1-5-15-38(16-6-1)48(33-13-4-14-34-48)39-26-30-43(31-27-39)49(40-17-7-2-8-18-40)42-28-23-36(24-29-42)37-25-32-45-44-21-11-12-22-46(44)50(47(45)35-37)41-19-9-3-10-20-41/h1-3,5-12,15-32,35H,4,13-14,33-34H2. The zero-order valence-corrected chi connectivity index (χ0v) is 28.3. The van der Waals surface area contributed by atoms with Crippen LogP contribution in [0.4, 0.5) is 17.1 Å². The molecule has 0 bridgehead atoms. The van der Waals surface area contributed by atoms with Gasteiger partial charge in [0.05, 0.1) is 11.0 Å². The van der Waals surface area contributed by atoms with Crippen LogP contribution >= 0.6 is 0 Å². The third-order valence-electron chi connectivity index (χ3n) is 10.9. The Morgan fingerprint density at radius 3 is 1.62 bits per heavy atom. The number of aromatic nitrogens is 1. The minimum absolute atomic E-state index is 0.0879. The maximum Gasteiger partial charge on any atom is 0.0547 e. The summed E-state index contributed by atoms with van der Waals surface area (Å²) in [6, 6.07) is 66.7. The van der Waals surface area contributed by atoms with Gasteiger partial charge in [-0.1, -0.05) is 141 Å². The average Bonchev–Trinajstić information content (AvgIpc) is 3.53. The van der Waals surface area contributed by atoms with Gasteiger partial charge in [0.25, 0.3) is 0 Å². The maximum absolute atomic E-state index is 2.39. The Morgan fingerprint density at radius 2 is 0.920 bits per heavy atom. The molecule has 2 nitrogen and oxygen atoms in total. The Kier molecular flexibility index (Phi) is 7.78. The molecule has 1 saturated carbocycles. The SMILES string of the molecule is c1ccc(N(c2ccc(-c3ccc4c5ccccc5n(-c5ccccc5)c4c3)cc2)c2ccc(C3(c4ccccc4)CCCCC3)cc2)cc1. The van der Waals surface area contributed by atoms with Gasteiger partial charge in [-0.05, 0) is 95.8 Å². The van der Waals surface area contributed by atoms with E-state index in [0.29, 0.717) is 0 Å². The first-order chi connectivity index (χ1) is 24.8. The minimum Gasteiger partial charge on any atom is -0.311 e. The van der Waals surface area contributed by atoms with Crippen LogP contribution < -0.4 is 4.90 Å². The van der Waals surface area contributed by atoms with E-state index < -0.39 is 0 Å². The number of rotatable bonds is 7. The summed E-state index contributed by atoms with van der Waals surface area (Å²) in [6.45, 7) is 0. The van der Waals surface area contributed by atoms with Crippen molar-refractivity contribution in [3.05, 3.63) is 193 Å². The Bertz CT molecular complexity index is 2370. The van der Waals surface area contributed by atoms with Crippen LogP contribution in [0.5, 0.6) is 0 Å². The summed E-state index contributed by atoms with van der Waals surface area (Å²) in [5.41, 5.74) is 12.5. The van der Waals surface area contributed by atoms with E-state index >= 15 is 0 Å². The zero-order valence-electron chi connectivity index (χ0n) is 28.3. The van der Waals surface area contributed by atoms with Crippen LogP contribution in [0.3, 0.4) is 0 Å². The van der Waals surface area contributed by atoms with Crippen molar-refractivity contribution < 1.29 is 0 Å². The lowest BCUT2D eigenvalue weighted by molar-refractivity contribution is 0.346. The number of hydrogen-bond acceptors (Lipinski definition) is 1. The Morgan fingerprint density at radius 1 is 0.400 bits per heavy atom. The summed E-state index contributed by atoms with van der Waals surface area (Å²) < 4.78 is 2.39. The minimum atomic E-state index is 0.0879. The number of hydrogen-bond donors (Lipinski definition) is 0. The lowest BCUT2D eigenvalue weighted by atomic mass is 9.65. The molecule has 8 aromatic rings. The van der Waals surface area contributed by atoms with Crippen molar-refractivity contribution in [3.8, 4) is 16.8 Å². The molecule has 0 amide bonds. The highest BCUT2D eigenvalue weighted by molar-refractivity contribution is 6.10. The highest BCUT2D eigenvalue weighted by atomic mass is 15.1. The summed E-state index contributed by atoms with van der Waals surface area (Å²) in [6.07, 6.45) is 6.30.